The molecule has 0 bridgehead atoms. The van der Waals surface area contributed by atoms with Crippen LogP contribution in [-0.4, -0.2) is 40.9 Å². The van der Waals surface area contributed by atoms with E-state index < -0.39 is 0 Å². The fraction of sp³-hybridized carbons (Fsp3) is 0.0233. The first kappa shape index (κ1) is 30.8. The molecule has 0 spiro atoms. The monoisotopic (exact) mass is 692 g/mol. The molecule has 0 radical (unpaired) electrons. The summed E-state index contributed by atoms with van der Waals surface area (Å²) >= 11 is 3.65. The number of hydrogen-bond acceptors (Lipinski definition) is 6. The number of aliphatic imine (C=N–C) groups is 3. The minimum absolute atomic E-state index is 0.617. The first-order chi connectivity index (χ1) is 25.2. The summed E-state index contributed by atoms with van der Waals surface area (Å²) in [5.41, 5.74) is 8.74. The smallest absolute Gasteiger partial charge is 0.163 e. The summed E-state index contributed by atoms with van der Waals surface area (Å²) in [5.74, 6) is 1.28. The van der Waals surface area contributed by atoms with Gasteiger partial charge in [0.25, 0.3) is 0 Å². The lowest BCUT2D eigenvalue weighted by Gasteiger charge is -2.10. The van der Waals surface area contributed by atoms with Crippen LogP contribution in [0.3, 0.4) is 0 Å². The second kappa shape index (κ2) is 12.9. The molecule has 0 aliphatic carbocycles. The minimum atomic E-state index is 0.617. The van der Waals surface area contributed by atoms with Crippen LogP contribution in [0, 0.1) is 0 Å². The van der Waals surface area contributed by atoms with Gasteiger partial charge < -0.3 is 0 Å². The first-order valence-electron chi connectivity index (χ1n) is 16.4. The van der Waals surface area contributed by atoms with Gasteiger partial charge in [-0.3, -0.25) is 9.98 Å². The van der Waals surface area contributed by atoms with Gasteiger partial charge in [-0.2, -0.15) is 0 Å². The van der Waals surface area contributed by atoms with E-state index in [2.05, 4.69) is 140 Å². The molecular weight excluding hydrogens is 665 g/mol. The zero-order chi connectivity index (χ0) is 34.3. The van der Waals surface area contributed by atoms with Gasteiger partial charge in [-0.25, -0.2) is 19.9 Å². The van der Waals surface area contributed by atoms with E-state index in [1.165, 1.54) is 57.8 Å². The maximum Gasteiger partial charge on any atom is 0.163 e. The van der Waals surface area contributed by atoms with E-state index in [4.69, 9.17) is 0 Å². The highest BCUT2D eigenvalue weighted by molar-refractivity contribution is 7.26. The number of nitrogens with zero attached hydrogens (tertiary/aromatic N) is 6. The van der Waals surface area contributed by atoms with Crippen molar-refractivity contribution in [2.45, 2.75) is 0 Å². The second-order valence-corrected chi connectivity index (χ2v) is 14.2. The number of amidine groups is 1. The summed E-state index contributed by atoms with van der Waals surface area (Å²) in [6.45, 7) is 3.52. The number of rotatable bonds is 6. The quantitative estimate of drug-likeness (QED) is 0.129. The highest BCUT2D eigenvalue weighted by Crippen LogP contribution is 2.42. The van der Waals surface area contributed by atoms with Gasteiger partial charge in [-0.1, -0.05) is 72.8 Å². The summed E-state index contributed by atoms with van der Waals surface area (Å²) in [5, 5.41) is 4.98. The van der Waals surface area contributed by atoms with Crippen molar-refractivity contribution in [3.63, 3.8) is 0 Å². The maximum atomic E-state index is 4.43. The Hall–Kier alpha value is -6.22. The van der Waals surface area contributed by atoms with Crippen LogP contribution in [0.2, 0.25) is 0 Å². The highest BCUT2D eigenvalue weighted by atomic mass is 32.1. The molecule has 0 aliphatic heterocycles. The van der Waals surface area contributed by atoms with Gasteiger partial charge in [0.2, 0.25) is 0 Å². The molecule has 0 unspecified atom stereocenters. The number of hydrogen-bond donors (Lipinski definition) is 0. The van der Waals surface area contributed by atoms with E-state index in [1.807, 2.05) is 40.9 Å². The Morgan fingerprint density at radius 3 is 1.59 bits per heavy atom. The molecule has 6 aromatic carbocycles. The van der Waals surface area contributed by atoms with Crippen molar-refractivity contribution in [1.29, 1.82) is 0 Å². The first-order valence-corrected chi connectivity index (χ1v) is 18.0. The summed E-state index contributed by atoms with van der Waals surface area (Å²) in [7, 11) is 1.75. The Kier molecular flexibility index (Phi) is 7.80. The molecule has 3 heterocycles. The standard InChI is InChI=1S/C43H28N6S2/c1-44-23-47-42(45-2)32-9-5-3-7-30(32)28-13-17-40-36(21-28)34-19-26(11-15-38(34)50-40)27-12-16-39-35(20-27)37-22-29(14-18-41(37)51-39)31-8-4-6-10-33(31)43-48-24-46-25-49-43/h3-25H,1H2,2H3. The maximum absolute atomic E-state index is 4.43. The summed E-state index contributed by atoms with van der Waals surface area (Å²) in [4.78, 5) is 25.5. The average Bonchev–Trinajstić information content (AvgIpc) is 3.75. The minimum Gasteiger partial charge on any atom is -0.270 e. The lowest BCUT2D eigenvalue weighted by atomic mass is 9.96. The van der Waals surface area contributed by atoms with Gasteiger partial charge in [0.05, 0.1) is 0 Å². The molecule has 0 N–H and O–H groups in total. The molecule has 9 rings (SSSR count). The van der Waals surface area contributed by atoms with Crippen LogP contribution in [0.5, 0.6) is 0 Å². The summed E-state index contributed by atoms with van der Waals surface area (Å²) in [6.07, 6.45) is 4.52. The van der Waals surface area contributed by atoms with Crippen molar-refractivity contribution in [3.8, 4) is 44.8 Å². The Balaban J connectivity index is 1.14. The SMILES string of the molecule is C=NC=NC(=NC)c1ccccc1-c1ccc2sc3ccc(-c4ccc5sc6ccc(-c7ccccc7-c7ncncn7)cc6c5c4)cc3c2c1. The molecule has 8 heteroatoms. The topological polar surface area (TPSA) is 75.8 Å². The molecule has 6 nitrogen and oxygen atoms in total. The van der Waals surface area contributed by atoms with Crippen LogP contribution >= 0.6 is 22.7 Å². The molecule has 0 saturated heterocycles. The average molecular weight is 693 g/mol. The molecular formula is C43H28N6S2. The van der Waals surface area contributed by atoms with Crippen molar-refractivity contribution in [3.05, 3.63) is 140 Å². The number of benzene rings is 6. The molecule has 9 aromatic rings. The molecule has 51 heavy (non-hydrogen) atoms. The van der Waals surface area contributed by atoms with Gasteiger partial charge >= 0.3 is 0 Å². The number of aromatic nitrogens is 3. The molecule has 242 valence electrons. The van der Waals surface area contributed by atoms with Crippen LogP contribution in [-0.2, 0) is 0 Å². The Morgan fingerprint density at radius 2 is 1.04 bits per heavy atom. The van der Waals surface area contributed by atoms with Crippen molar-refractivity contribution in [2.75, 3.05) is 7.05 Å². The van der Waals surface area contributed by atoms with E-state index in [0.717, 1.165) is 33.4 Å². The van der Waals surface area contributed by atoms with Gasteiger partial charge in [0.1, 0.15) is 19.0 Å². The van der Waals surface area contributed by atoms with Crippen molar-refractivity contribution in [2.24, 2.45) is 15.0 Å². The fourth-order valence-corrected chi connectivity index (χ4v) is 8.96. The zero-order valence-electron chi connectivity index (χ0n) is 27.5. The largest absolute Gasteiger partial charge is 0.270 e. The predicted octanol–water partition coefficient (Wildman–Crippen LogP) is 11.4. The van der Waals surface area contributed by atoms with Crippen LogP contribution in [0.15, 0.2) is 149 Å². The lowest BCUT2D eigenvalue weighted by molar-refractivity contribution is 1.06. The van der Waals surface area contributed by atoms with Crippen LogP contribution < -0.4 is 0 Å². The third-order valence-corrected chi connectivity index (χ3v) is 11.5. The van der Waals surface area contributed by atoms with E-state index in [9.17, 15) is 0 Å². The van der Waals surface area contributed by atoms with Crippen LogP contribution in [0.25, 0.3) is 85.1 Å². The van der Waals surface area contributed by atoms with Crippen LogP contribution in [0.4, 0.5) is 0 Å². The Bertz CT molecular complexity index is 2850. The molecule has 0 aliphatic rings. The molecule has 3 aromatic heterocycles. The molecule has 0 fully saturated rings. The van der Waals surface area contributed by atoms with E-state index in [1.54, 1.807) is 19.7 Å². The van der Waals surface area contributed by atoms with Crippen LogP contribution in [0.1, 0.15) is 5.56 Å². The van der Waals surface area contributed by atoms with Crippen molar-refractivity contribution < 1.29 is 0 Å². The van der Waals surface area contributed by atoms with Gasteiger partial charge in [-0.15, -0.1) is 22.7 Å². The predicted molar refractivity (Wildman–Crippen MR) is 218 cm³/mol. The van der Waals surface area contributed by atoms with E-state index in [-0.39, 0.29) is 0 Å². The Morgan fingerprint density at radius 1 is 0.569 bits per heavy atom. The van der Waals surface area contributed by atoms with Gasteiger partial charge in [-0.05, 0) is 88.6 Å². The normalized spacial score (nSPS) is 12.1. The third-order valence-electron chi connectivity index (χ3n) is 9.20. The lowest BCUT2D eigenvalue weighted by Crippen LogP contribution is -2.00. The van der Waals surface area contributed by atoms with Crippen molar-refractivity contribution >= 4 is 81.9 Å². The van der Waals surface area contributed by atoms with E-state index >= 15 is 0 Å². The fourth-order valence-electron chi connectivity index (χ4n) is 6.83. The Labute approximate surface area is 301 Å². The van der Waals surface area contributed by atoms with Gasteiger partial charge in [0, 0.05) is 58.5 Å². The summed E-state index contributed by atoms with van der Waals surface area (Å²) < 4.78 is 5.05. The zero-order valence-corrected chi connectivity index (χ0v) is 29.1. The molecule has 0 saturated carbocycles. The third kappa shape index (κ3) is 5.51. The number of thiophene rings is 2. The molecule has 0 amide bonds. The molecule has 0 atom stereocenters. The van der Waals surface area contributed by atoms with Gasteiger partial charge in [0.15, 0.2) is 11.7 Å². The summed E-state index contributed by atoms with van der Waals surface area (Å²) in [6, 6.07) is 43.7. The van der Waals surface area contributed by atoms with Crippen molar-refractivity contribution in [1.82, 2.24) is 15.0 Å². The van der Waals surface area contributed by atoms with E-state index in [0.29, 0.717) is 11.7 Å². The highest BCUT2D eigenvalue weighted by Gasteiger charge is 2.15. The number of fused-ring (bicyclic) bond motifs is 6. The second-order valence-electron chi connectivity index (χ2n) is 12.1.